The van der Waals surface area contributed by atoms with E-state index in [1.165, 1.54) is 44.0 Å². The number of likely N-dealkylation sites (N-methyl/N-ethyl adjacent to an activating group) is 1. The summed E-state index contributed by atoms with van der Waals surface area (Å²) < 4.78 is 0. The Morgan fingerprint density at radius 2 is 1.75 bits per heavy atom. The molecule has 0 spiro atoms. The number of hydrogen-bond acceptors (Lipinski definition) is 7. The third kappa shape index (κ3) is 5.95. The van der Waals surface area contributed by atoms with Crippen LogP contribution in [-0.4, -0.2) is 69.1 Å². The fraction of sp³-hybridized carbons (Fsp3) is 0.242. The maximum atomic E-state index is 12.3. The minimum Gasteiger partial charge on any atom is -0.494 e. The molecule has 0 saturated carbocycles. The van der Waals surface area contributed by atoms with E-state index in [0.717, 1.165) is 36.5 Å². The van der Waals surface area contributed by atoms with Crippen LogP contribution in [-0.2, 0) is 11.2 Å². The molecule has 224 valence electrons. The number of likely N-dealkylation sites (tertiary alicyclic amines) is 1. The molecule has 11 heteroatoms. The standard InChI is InChI=1S/C33H32N6O5/c1-37-32(41)28(36-33(37)42)19-22-7-11-24(12-8-22)34-30(29-26-20-25(39(43)44)13-14-27(26)35-31(29)40)23-9-5-21(6-10-23)15-18-38-16-3-2-4-17-38/h5-14,19-20,35,40H,2-4,15-18H2,1H3,(H,36,42)/b28-19-,34-30?. The molecule has 3 amide bonds. The van der Waals surface area contributed by atoms with Crippen molar-refractivity contribution in [3.8, 4) is 5.88 Å². The minimum absolute atomic E-state index is 0.0956. The molecule has 0 atom stereocenters. The van der Waals surface area contributed by atoms with E-state index in [4.69, 9.17) is 4.99 Å². The summed E-state index contributed by atoms with van der Waals surface area (Å²) in [4.78, 5) is 46.5. The highest BCUT2D eigenvalue weighted by molar-refractivity contribution is 6.22. The van der Waals surface area contributed by atoms with Gasteiger partial charge in [0.15, 0.2) is 5.88 Å². The Bertz CT molecular complexity index is 1800. The molecule has 1 aromatic heterocycles. The van der Waals surface area contributed by atoms with E-state index in [1.54, 1.807) is 36.4 Å². The van der Waals surface area contributed by atoms with Crippen LogP contribution in [0.25, 0.3) is 17.0 Å². The maximum absolute atomic E-state index is 12.3. The summed E-state index contributed by atoms with van der Waals surface area (Å²) in [5.74, 6) is -0.558. The predicted molar refractivity (Wildman–Crippen MR) is 168 cm³/mol. The Balaban J connectivity index is 1.36. The lowest BCUT2D eigenvalue weighted by Gasteiger charge is -2.26. The highest BCUT2D eigenvalue weighted by Crippen LogP contribution is 2.34. The molecule has 0 radical (unpaired) electrons. The molecule has 2 aliphatic heterocycles. The number of imide groups is 1. The number of aromatic amines is 1. The minimum atomic E-state index is -0.483. The number of nitrogens with one attached hydrogen (secondary N) is 2. The van der Waals surface area contributed by atoms with Crippen molar-refractivity contribution in [1.82, 2.24) is 20.1 Å². The average molecular weight is 593 g/mol. The molecule has 0 unspecified atom stereocenters. The number of amides is 3. The fourth-order valence-corrected chi connectivity index (χ4v) is 5.65. The van der Waals surface area contributed by atoms with Gasteiger partial charge in [-0.1, -0.05) is 42.8 Å². The van der Waals surface area contributed by atoms with Gasteiger partial charge in [-0.15, -0.1) is 0 Å². The highest BCUT2D eigenvalue weighted by atomic mass is 16.6. The number of rotatable bonds is 8. The summed E-state index contributed by atoms with van der Waals surface area (Å²) in [6.07, 6.45) is 6.30. The normalized spacial score (nSPS) is 17.1. The van der Waals surface area contributed by atoms with E-state index in [2.05, 4.69) is 27.3 Å². The molecule has 3 N–H and O–H groups in total. The number of hydrogen-bond donors (Lipinski definition) is 3. The number of nitro benzene ring substituents is 1. The average Bonchev–Trinajstić information content (AvgIpc) is 3.49. The zero-order chi connectivity index (χ0) is 30.8. The molecule has 2 saturated heterocycles. The van der Waals surface area contributed by atoms with Gasteiger partial charge >= 0.3 is 6.03 Å². The predicted octanol–water partition coefficient (Wildman–Crippen LogP) is 5.50. The number of nitro groups is 1. The van der Waals surface area contributed by atoms with Crippen LogP contribution in [0.2, 0.25) is 0 Å². The first-order valence-corrected chi connectivity index (χ1v) is 14.6. The molecule has 4 aromatic rings. The van der Waals surface area contributed by atoms with Crippen molar-refractivity contribution >= 4 is 46.0 Å². The largest absolute Gasteiger partial charge is 0.494 e. The maximum Gasteiger partial charge on any atom is 0.328 e. The molecule has 2 aliphatic rings. The van der Waals surface area contributed by atoms with Crippen molar-refractivity contribution in [2.45, 2.75) is 25.7 Å². The van der Waals surface area contributed by atoms with Crippen LogP contribution in [0, 0.1) is 10.1 Å². The van der Waals surface area contributed by atoms with E-state index in [-0.39, 0.29) is 17.3 Å². The van der Waals surface area contributed by atoms with Gasteiger partial charge in [-0.05, 0) is 67.8 Å². The smallest absolute Gasteiger partial charge is 0.328 e. The number of carbonyl (C=O) groups excluding carboxylic acids is 2. The first kappa shape index (κ1) is 28.8. The van der Waals surface area contributed by atoms with E-state index in [9.17, 15) is 24.8 Å². The summed E-state index contributed by atoms with van der Waals surface area (Å²) in [6.45, 7) is 3.28. The molecule has 3 heterocycles. The summed E-state index contributed by atoms with van der Waals surface area (Å²) in [6, 6.07) is 19.0. The SMILES string of the molecule is CN1C(=O)N/C(=C\c2ccc(N=C(c3ccc(CCN4CCCCC4)cc3)c3c(O)[nH]c4ccc([N+](=O)[O-])cc34)cc2)C1=O. The van der Waals surface area contributed by atoms with E-state index in [1.807, 2.05) is 12.1 Å². The van der Waals surface area contributed by atoms with Crippen molar-refractivity contribution < 1.29 is 19.6 Å². The van der Waals surface area contributed by atoms with Gasteiger partial charge in [0.05, 0.1) is 21.9 Å². The second kappa shape index (κ2) is 12.1. The molecule has 6 rings (SSSR count). The van der Waals surface area contributed by atoms with Gasteiger partial charge in [-0.25, -0.2) is 9.79 Å². The second-order valence-corrected chi connectivity index (χ2v) is 11.1. The van der Waals surface area contributed by atoms with Crippen LogP contribution >= 0.6 is 0 Å². The van der Waals surface area contributed by atoms with Crippen LogP contribution in [0.3, 0.4) is 0 Å². The Hall–Kier alpha value is -5.29. The number of piperidine rings is 1. The molecular weight excluding hydrogens is 560 g/mol. The van der Waals surface area contributed by atoms with Crippen LogP contribution in [0.15, 0.2) is 77.4 Å². The summed E-state index contributed by atoms with van der Waals surface area (Å²) in [5.41, 5.74) is 4.62. The molecule has 0 bridgehead atoms. The van der Waals surface area contributed by atoms with Crippen molar-refractivity contribution in [2.24, 2.45) is 4.99 Å². The summed E-state index contributed by atoms with van der Waals surface area (Å²) in [7, 11) is 1.41. The van der Waals surface area contributed by atoms with Crippen LogP contribution in [0.5, 0.6) is 5.88 Å². The number of H-pyrrole nitrogens is 1. The number of nitrogens with zero attached hydrogens (tertiary/aromatic N) is 4. The number of aliphatic imine (C=N–C) groups is 1. The van der Waals surface area contributed by atoms with Gasteiger partial charge in [-0.2, -0.15) is 0 Å². The van der Waals surface area contributed by atoms with Crippen molar-refractivity contribution in [2.75, 3.05) is 26.7 Å². The van der Waals surface area contributed by atoms with Gasteiger partial charge in [0.1, 0.15) is 5.70 Å². The first-order valence-electron chi connectivity index (χ1n) is 14.6. The molecule has 11 nitrogen and oxygen atoms in total. The lowest BCUT2D eigenvalue weighted by Crippen LogP contribution is -2.31. The topological polar surface area (TPSA) is 144 Å². The molecular formula is C33H32N6O5. The highest BCUT2D eigenvalue weighted by Gasteiger charge is 2.30. The Morgan fingerprint density at radius 1 is 1.02 bits per heavy atom. The number of benzene rings is 3. The lowest BCUT2D eigenvalue weighted by molar-refractivity contribution is -0.384. The Kier molecular flexibility index (Phi) is 7.95. The lowest BCUT2D eigenvalue weighted by atomic mass is 9.98. The van der Waals surface area contributed by atoms with Crippen LogP contribution in [0.4, 0.5) is 16.2 Å². The number of urea groups is 1. The molecule has 3 aromatic carbocycles. The third-order valence-corrected chi connectivity index (χ3v) is 8.13. The van der Waals surface area contributed by atoms with E-state index in [0.29, 0.717) is 33.4 Å². The van der Waals surface area contributed by atoms with Crippen LogP contribution in [0.1, 0.15) is 41.5 Å². The molecule has 0 aliphatic carbocycles. The van der Waals surface area contributed by atoms with Gasteiger partial charge in [-0.3, -0.25) is 19.8 Å². The molecule has 44 heavy (non-hydrogen) atoms. The first-order chi connectivity index (χ1) is 21.3. The quantitative estimate of drug-likeness (QED) is 0.0810. The van der Waals surface area contributed by atoms with Crippen LogP contribution < -0.4 is 5.32 Å². The van der Waals surface area contributed by atoms with E-state index >= 15 is 0 Å². The number of carbonyl (C=O) groups is 2. The zero-order valence-electron chi connectivity index (χ0n) is 24.2. The number of fused-ring (bicyclic) bond motifs is 1. The monoisotopic (exact) mass is 592 g/mol. The molecule has 2 fully saturated rings. The summed E-state index contributed by atoms with van der Waals surface area (Å²) >= 11 is 0. The Morgan fingerprint density at radius 3 is 2.41 bits per heavy atom. The van der Waals surface area contributed by atoms with Crippen molar-refractivity contribution in [3.63, 3.8) is 0 Å². The van der Waals surface area contributed by atoms with E-state index < -0.39 is 16.9 Å². The number of aromatic hydroxyl groups is 1. The van der Waals surface area contributed by atoms with Crippen molar-refractivity contribution in [1.29, 1.82) is 0 Å². The fourth-order valence-electron chi connectivity index (χ4n) is 5.65. The Labute approximate surface area is 253 Å². The number of non-ortho nitro benzene ring substituents is 1. The van der Waals surface area contributed by atoms with Crippen molar-refractivity contribution in [3.05, 3.63) is 105 Å². The van der Waals surface area contributed by atoms with Gasteiger partial charge in [0.2, 0.25) is 0 Å². The summed E-state index contributed by atoms with van der Waals surface area (Å²) in [5, 5.41) is 25.6. The second-order valence-electron chi connectivity index (χ2n) is 11.1. The third-order valence-electron chi connectivity index (χ3n) is 8.13. The number of aromatic nitrogens is 1. The van der Waals surface area contributed by atoms with Gasteiger partial charge in [0.25, 0.3) is 11.6 Å². The van der Waals surface area contributed by atoms with Gasteiger partial charge < -0.3 is 20.3 Å². The van der Waals surface area contributed by atoms with Gasteiger partial charge in [0, 0.05) is 42.2 Å². The zero-order valence-corrected chi connectivity index (χ0v) is 24.2.